The number of carbonyl (C=O) groups is 2. The summed E-state index contributed by atoms with van der Waals surface area (Å²) in [4.78, 5) is 29.0. The first kappa shape index (κ1) is 16.8. The third-order valence-electron chi connectivity index (χ3n) is 5.43. The molecule has 0 bridgehead atoms. The number of likely N-dealkylation sites (N-methyl/N-ethyl adjacent to an activating group) is 1. The molecule has 2 aliphatic heterocycles. The molecule has 5 nitrogen and oxygen atoms in total. The summed E-state index contributed by atoms with van der Waals surface area (Å²) in [6, 6.07) is 15.8. The Kier molecular flexibility index (Phi) is 4.24. The second-order valence-corrected chi connectivity index (χ2v) is 7.37. The average molecular weight is 349 g/mol. The fourth-order valence-electron chi connectivity index (χ4n) is 4.06. The van der Waals surface area contributed by atoms with Gasteiger partial charge in [0.2, 0.25) is 5.91 Å². The van der Waals surface area contributed by atoms with Gasteiger partial charge < -0.3 is 15.1 Å². The normalized spacial score (nSPS) is 22.5. The van der Waals surface area contributed by atoms with Gasteiger partial charge in [-0.2, -0.15) is 0 Å². The largest absolute Gasteiger partial charge is 0.337 e. The Balaban J connectivity index is 1.54. The Morgan fingerprint density at radius 1 is 1.08 bits per heavy atom. The fourth-order valence-corrected chi connectivity index (χ4v) is 4.06. The molecule has 0 radical (unpaired) electrons. The number of amides is 2. The zero-order valence-electron chi connectivity index (χ0n) is 15.1. The Morgan fingerprint density at radius 2 is 1.85 bits per heavy atom. The van der Waals surface area contributed by atoms with Crippen LogP contribution >= 0.6 is 0 Å². The predicted octanol–water partition coefficient (Wildman–Crippen LogP) is 2.56. The van der Waals surface area contributed by atoms with Gasteiger partial charge in [0.15, 0.2) is 0 Å². The summed E-state index contributed by atoms with van der Waals surface area (Å²) >= 11 is 0. The molecule has 2 aromatic carbocycles. The number of nitrogens with one attached hydrogen (secondary N) is 1. The molecule has 1 N–H and O–H groups in total. The van der Waals surface area contributed by atoms with Gasteiger partial charge in [-0.3, -0.25) is 9.59 Å². The van der Waals surface area contributed by atoms with Gasteiger partial charge in [-0.25, -0.2) is 0 Å². The minimum atomic E-state index is -0.103. The van der Waals surface area contributed by atoms with E-state index in [0.717, 1.165) is 18.7 Å². The van der Waals surface area contributed by atoms with Crippen molar-refractivity contribution in [3.05, 3.63) is 65.2 Å². The molecule has 26 heavy (non-hydrogen) atoms. The first-order valence-electron chi connectivity index (χ1n) is 8.95. The highest BCUT2D eigenvalue weighted by molar-refractivity contribution is 6.00. The van der Waals surface area contributed by atoms with Crippen molar-refractivity contribution in [2.45, 2.75) is 12.5 Å². The molecule has 0 aliphatic carbocycles. The van der Waals surface area contributed by atoms with Crippen LogP contribution in [0.2, 0.25) is 0 Å². The molecule has 1 saturated heterocycles. The van der Waals surface area contributed by atoms with Crippen molar-refractivity contribution in [2.24, 2.45) is 5.92 Å². The van der Waals surface area contributed by atoms with E-state index < -0.39 is 0 Å². The van der Waals surface area contributed by atoms with Gasteiger partial charge in [0.05, 0.1) is 5.92 Å². The minimum Gasteiger partial charge on any atom is -0.337 e. The Morgan fingerprint density at radius 3 is 2.62 bits per heavy atom. The number of anilines is 1. The lowest BCUT2D eigenvalue weighted by Gasteiger charge is -2.18. The summed E-state index contributed by atoms with van der Waals surface area (Å²) in [6.45, 7) is 2.24. The van der Waals surface area contributed by atoms with Crippen LogP contribution in [0.3, 0.4) is 0 Å². The third-order valence-corrected chi connectivity index (χ3v) is 5.43. The van der Waals surface area contributed by atoms with E-state index >= 15 is 0 Å². The molecule has 0 saturated carbocycles. The maximum absolute atomic E-state index is 13.0. The zero-order chi connectivity index (χ0) is 18.3. The molecule has 2 heterocycles. The van der Waals surface area contributed by atoms with Crippen LogP contribution in [0, 0.1) is 5.92 Å². The van der Waals surface area contributed by atoms with Gasteiger partial charge in [0.25, 0.3) is 5.91 Å². The summed E-state index contributed by atoms with van der Waals surface area (Å²) in [6.07, 6.45) is 0. The van der Waals surface area contributed by atoms with Crippen molar-refractivity contribution in [1.82, 2.24) is 9.80 Å². The average Bonchev–Trinajstić information content (AvgIpc) is 3.17. The van der Waals surface area contributed by atoms with Crippen LogP contribution in [0.4, 0.5) is 5.69 Å². The molecule has 0 unspecified atom stereocenters. The predicted molar refractivity (Wildman–Crippen MR) is 101 cm³/mol. The van der Waals surface area contributed by atoms with E-state index in [-0.39, 0.29) is 23.7 Å². The number of carbonyl (C=O) groups excluding carboxylic acids is 2. The van der Waals surface area contributed by atoms with E-state index in [2.05, 4.69) is 22.3 Å². The second kappa shape index (κ2) is 6.57. The van der Waals surface area contributed by atoms with Gasteiger partial charge >= 0.3 is 0 Å². The van der Waals surface area contributed by atoms with Crippen LogP contribution in [-0.4, -0.2) is 48.8 Å². The van der Waals surface area contributed by atoms with Crippen LogP contribution in [0.1, 0.15) is 27.4 Å². The van der Waals surface area contributed by atoms with E-state index in [1.54, 1.807) is 18.0 Å². The van der Waals surface area contributed by atoms with Crippen LogP contribution in [-0.2, 0) is 11.3 Å². The summed E-state index contributed by atoms with van der Waals surface area (Å²) in [5.74, 6) is 0.109. The Labute approximate surface area is 153 Å². The summed E-state index contributed by atoms with van der Waals surface area (Å²) < 4.78 is 0. The molecule has 0 spiro atoms. The zero-order valence-corrected chi connectivity index (χ0v) is 15.1. The van der Waals surface area contributed by atoms with Gasteiger partial charge in [0.1, 0.15) is 0 Å². The standard InChI is InChI=1S/C21H23N3O2/c1-23-12-18(14-6-4-3-5-7-14)19(13-23)20(25)22-16-9-8-15-11-24(2)21(26)17(15)10-16/h3-10,18-19H,11-13H2,1-2H3,(H,22,25)/t18-,19-/m0/s1. The van der Waals surface area contributed by atoms with E-state index in [9.17, 15) is 9.59 Å². The Bertz CT molecular complexity index is 850. The number of rotatable bonds is 3. The molecule has 1 fully saturated rings. The lowest BCUT2D eigenvalue weighted by molar-refractivity contribution is -0.119. The topological polar surface area (TPSA) is 52.7 Å². The molecular formula is C21H23N3O2. The van der Waals surface area contributed by atoms with Crippen molar-refractivity contribution in [1.29, 1.82) is 0 Å². The lowest BCUT2D eigenvalue weighted by atomic mass is 9.88. The number of likely N-dealkylation sites (tertiary alicyclic amines) is 1. The van der Waals surface area contributed by atoms with E-state index in [1.165, 1.54) is 5.56 Å². The van der Waals surface area contributed by atoms with Crippen molar-refractivity contribution in [3.63, 3.8) is 0 Å². The first-order chi connectivity index (χ1) is 12.5. The van der Waals surface area contributed by atoms with Gasteiger partial charge in [-0.05, 0) is 30.3 Å². The van der Waals surface area contributed by atoms with Gasteiger partial charge in [-0.1, -0.05) is 36.4 Å². The number of nitrogens with zero attached hydrogens (tertiary/aromatic N) is 2. The molecule has 2 aliphatic rings. The first-order valence-corrected chi connectivity index (χ1v) is 8.95. The lowest BCUT2D eigenvalue weighted by Crippen LogP contribution is -2.28. The smallest absolute Gasteiger partial charge is 0.254 e. The summed E-state index contributed by atoms with van der Waals surface area (Å²) in [5.41, 5.74) is 3.59. The summed E-state index contributed by atoms with van der Waals surface area (Å²) in [5, 5.41) is 3.03. The molecule has 5 heteroatoms. The molecule has 134 valence electrons. The third kappa shape index (κ3) is 2.99. The molecule has 2 atom stereocenters. The second-order valence-electron chi connectivity index (χ2n) is 7.37. The van der Waals surface area contributed by atoms with Crippen molar-refractivity contribution in [2.75, 3.05) is 32.5 Å². The van der Waals surface area contributed by atoms with Crippen LogP contribution in [0.15, 0.2) is 48.5 Å². The highest BCUT2D eigenvalue weighted by atomic mass is 16.2. The SMILES string of the molecule is CN1C[C@H](C(=O)Nc2ccc3c(c2)C(=O)N(C)C3)[C@H](c2ccccc2)C1. The van der Waals surface area contributed by atoms with Crippen LogP contribution in [0.25, 0.3) is 0 Å². The summed E-state index contributed by atoms with van der Waals surface area (Å²) in [7, 11) is 3.84. The Hall–Kier alpha value is -2.66. The highest BCUT2D eigenvalue weighted by Gasteiger charge is 2.37. The van der Waals surface area contributed by atoms with Crippen LogP contribution < -0.4 is 5.32 Å². The number of benzene rings is 2. The van der Waals surface area contributed by atoms with E-state index in [4.69, 9.17) is 0 Å². The van der Waals surface area contributed by atoms with Gasteiger partial charge in [-0.15, -0.1) is 0 Å². The quantitative estimate of drug-likeness (QED) is 0.927. The molecular weight excluding hydrogens is 326 g/mol. The molecule has 0 aromatic heterocycles. The molecule has 2 aromatic rings. The van der Waals surface area contributed by atoms with Gasteiger partial charge in [0, 0.05) is 43.9 Å². The van der Waals surface area contributed by atoms with E-state index in [0.29, 0.717) is 17.8 Å². The highest BCUT2D eigenvalue weighted by Crippen LogP contribution is 2.33. The van der Waals surface area contributed by atoms with Crippen molar-refractivity contribution >= 4 is 17.5 Å². The van der Waals surface area contributed by atoms with E-state index in [1.807, 2.05) is 37.4 Å². The minimum absolute atomic E-state index is 0.0128. The maximum Gasteiger partial charge on any atom is 0.254 e. The van der Waals surface area contributed by atoms with Crippen molar-refractivity contribution in [3.8, 4) is 0 Å². The van der Waals surface area contributed by atoms with Crippen LogP contribution in [0.5, 0.6) is 0 Å². The molecule has 4 rings (SSSR count). The fraction of sp³-hybridized carbons (Fsp3) is 0.333. The maximum atomic E-state index is 13.0. The number of hydrogen-bond acceptors (Lipinski definition) is 3. The number of hydrogen-bond donors (Lipinski definition) is 1. The monoisotopic (exact) mass is 349 g/mol. The van der Waals surface area contributed by atoms with Crippen molar-refractivity contribution < 1.29 is 9.59 Å². The number of fused-ring (bicyclic) bond motifs is 1. The molecule has 2 amide bonds.